The quantitative estimate of drug-likeness (QED) is 0.847. The molecule has 2 unspecified atom stereocenters. The SMILES string of the molecule is COc1ccc(N2C(=O)C(C)C(C)C2=O)c(C(=O)O)c1. The van der Waals surface area contributed by atoms with Crippen LogP contribution < -0.4 is 9.64 Å². The maximum atomic E-state index is 12.1. The van der Waals surface area contributed by atoms with Crippen LogP contribution >= 0.6 is 0 Å². The Bertz CT molecular complexity index is 575. The number of amides is 2. The Morgan fingerprint density at radius 2 is 1.75 bits per heavy atom. The minimum atomic E-state index is -1.22. The number of benzene rings is 1. The fourth-order valence-corrected chi connectivity index (χ4v) is 2.19. The highest BCUT2D eigenvalue weighted by atomic mass is 16.5. The van der Waals surface area contributed by atoms with Gasteiger partial charge in [-0.15, -0.1) is 0 Å². The number of imide groups is 1. The number of hydrogen-bond donors (Lipinski definition) is 1. The average Bonchev–Trinajstić information content (AvgIpc) is 2.62. The zero-order valence-electron chi connectivity index (χ0n) is 11.4. The van der Waals surface area contributed by atoms with Gasteiger partial charge in [0.25, 0.3) is 0 Å². The smallest absolute Gasteiger partial charge is 0.337 e. The fourth-order valence-electron chi connectivity index (χ4n) is 2.19. The van der Waals surface area contributed by atoms with Crippen molar-refractivity contribution in [3.05, 3.63) is 23.8 Å². The molecule has 1 aromatic carbocycles. The number of carboxylic acid groups (broad SMARTS) is 1. The van der Waals surface area contributed by atoms with Crippen molar-refractivity contribution in [3.63, 3.8) is 0 Å². The number of hydrogen-bond acceptors (Lipinski definition) is 4. The van der Waals surface area contributed by atoms with Gasteiger partial charge < -0.3 is 9.84 Å². The van der Waals surface area contributed by atoms with Crippen molar-refractivity contribution in [1.29, 1.82) is 0 Å². The molecule has 0 spiro atoms. The first kappa shape index (κ1) is 14.0. The van der Waals surface area contributed by atoms with E-state index < -0.39 is 17.8 Å². The number of carbonyl (C=O) groups excluding carboxylic acids is 2. The van der Waals surface area contributed by atoms with Crippen LogP contribution in [0.5, 0.6) is 5.75 Å². The van der Waals surface area contributed by atoms with Crippen molar-refractivity contribution in [1.82, 2.24) is 0 Å². The van der Waals surface area contributed by atoms with Crippen LogP contribution in [0, 0.1) is 11.8 Å². The van der Waals surface area contributed by atoms with Crippen LogP contribution in [-0.2, 0) is 9.59 Å². The molecule has 6 heteroatoms. The number of methoxy groups -OCH3 is 1. The van der Waals surface area contributed by atoms with E-state index in [9.17, 15) is 19.5 Å². The lowest BCUT2D eigenvalue weighted by atomic mass is 10.00. The van der Waals surface area contributed by atoms with Gasteiger partial charge in [0.05, 0.1) is 18.4 Å². The van der Waals surface area contributed by atoms with Crippen molar-refractivity contribution < 1.29 is 24.2 Å². The van der Waals surface area contributed by atoms with Crippen molar-refractivity contribution >= 4 is 23.5 Å². The van der Waals surface area contributed by atoms with Gasteiger partial charge in [-0.2, -0.15) is 0 Å². The summed E-state index contributed by atoms with van der Waals surface area (Å²) < 4.78 is 4.97. The third-order valence-electron chi connectivity index (χ3n) is 3.64. The summed E-state index contributed by atoms with van der Waals surface area (Å²) in [5.74, 6) is -2.53. The minimum Gasteiger partial charge on any atom is -0.497 e. The van der Waals surface area contributed by atoms with Crippen LogP contribution in [-0.4, -0.2) is 30.0 Å². The van der Waals surface area contributed by atoms with Gasteiger partial charge in [0.1, 0.15) is 5.75 Å². The molecule has 0 aliphatic carbocycles. The van der Waals surface area contributed by atoms with E-state index in [1.807, 2.05) is 0 Å². The number of carboxylic acids is 1. The lowest BCUT2D eigenvalue weighted by Gasteiger charge is -2.17. The molecule has 1 aromatic rings. The van der Waals surface area contributed by atoms with Crippen molar-refractivity contribution in [2.75, 3.05) is 12.0 Å². The van der Waals surface area contributed by atoms with E-state index >= 15 is 0 Å². The van der Waals surface area contributed by atoms with Crippen LogP contribution in [0.2, 0.25) is 0 Å². The standard InChI is InChI=1S/C14H15NO5/c1-7-8(2)13(17)15(12(7)16)11-5-4-9(20-3)6-10(11)14(18)19/h4-8H,1-3H3,(H,18,19). The fraction of sp³-hybridized carbons (Fsp3) is 0.357. The maximum Gasteiger partial charge on any atom is 0.337 e. The second kappa shape index (κ2) is 4.96. The first-order valence-corrected chi connectivity index (χ1v) is 6.17. The average molecular weight is 277 g/mol. The topological polar surface area (TPSA) is 83.9 Å². The van der Waals surface area contributed by atoms with Crippen LogP contribution in [0.25, 0.3) is 0 Å². The summed E-state index contributed by atoms with van der Waals surface area (Å²) in [7, 11) is 1.41. The molecule has 0 saturated carbocycles. The first-order valence-electron chi connectivity index (χ1n) is 6.17. The summed E-state index contributed by atoms with van der Waals surface area (Å²) in [5.41, 5.74) is -0.0446. The molecule has 2 amide bonds. The summed E-state index contributed by atoms with van der Waals surface area (Å²) >= 11 is 0. The van der Waals surface area contributed by atoms with Crippen molar-refractivity contribution in [2.24, 2.45) is 11.8 Å². The third-order valence-corrected chi connectivity index (χ3v) is 3.64. The molecule has 1 aliphatic rings. The van der Waals surface area contributed by atoms with Gasteiger partial charge in [0.15, 0.2) is 0 Å². The maximum absolute atomic E-state index is 12.1. The molecule has 0 radical (unpaired) electrons. The van der Waals surface area contributed by atoms with Crippen LogP contribution in [0.1, 0.15) is 24.2 Å². The zero-order valence-corrected chi connectivity index (χ0v) is 11.4. The van der Waals surface area contributed by atoms with Crippen LogP contribution in [0.4, 0.5) is 5.69 Å². The van der Waals surface area contributed by atoms with Gasteiger partial charge in [0, 0.05) is 11.8 Å². The van der Waals surface area contributed by atoms with E-state index in [1.165, 1.54) is 25.3 Å². The molecule has 1 heterocycles. The molecule has 0 bridgehead atoms. The van der Waals surface area contributed by atoms with Gasteiger partial charge in [-0.1, -0.05) is 13.8 Å². The van der Waals surface area contributed by atoms with Gasteiger partial charge in [-0.25, -0.2) is 9.69 Å². The normalized spacial score (nSPS) is 22.2. The molecule has 1 N–H and O–H groups in total. The lowest BCUT2D eigenvalue weighted by Crippen LogP contribution is -2.32. The molecular weight excluding hydrogens is 262 g/mol. The molecule has 106 valence electrons. The van der Waals surface area contributed by atoms with E-state index in [-0.39, 0.29) is 23.1 Å². The molecule has 1 fully saturated rings. The molecular formula is C14H15NO5. The van der Waals surface area contributed by atoms with Crippen LogP contribution in [0.3, 0.4) is 0 Å². The minimum absolute atomic E-state index is 0.0875. The van der Waals surface area contributed by atoms with E-state index in [2.05, 4.69) is 0 Å². The van der Waals surface area contributed by atoms with Crippen molar-refractivity contribution in [3.8, 4) is 5.75 Å². The Kier molecular flexibility index (Phi) is 3.48. The summed E-state index contributed by atoms with van der Waals surface area (Å²) in [6, 6.07) is 4.24. The lowest BCUT2D eigenvalue weighted by molar-refractivity contribution is -0.122. The highest BCUT2D eigenvalue weighted by Gasteiger charge is 2.44. The molecule has 0 aromatic heterocycles. The number of carbonyl (C=O) groups is 3. The number of nitrogens with zero attached hydrogens (tertiary/aromatic N) is 1. The Labute approximate surface area is 115 Å². The molecule has 2 rings (SSSR count). The van der Waals surface area contributed by atoms with E-state index in [4.69, 9.17) is 4.74 Å². The number of ether oxygens (including phenoxy) is 1. The summed E-state index contributed by atoms with van der Waals surface area (Å²) in [5, 5.41) is 9.25. The Balaban J connectivity index is 2.55. The predicted octanol–water partition coefficient (Wildman–Crippen LogP) is 1.54. The highest BCUT2D eigenvalue weighted by Crippen LogP contribution is 2.34. The second-order valence-electron chi connectivity index (χ2n) is 4.78. The monoisotopic (exact) mass is 277 g/mol. The largest absolute Gasteiger partial charge is 0.497 e. The second-order valence-corrected chi connectivity index (χ2v) is 4.78. The summed E-state index contributed by atoms with van der Waals surface area (Å²) in [6.07, 6.45) is 0. The zero-order chi connectivity index (χ0) is 15.0. The Hall–Kier alpha value is -2.37. The number of rotatable bonds is 3. The van der Waals surface area contributed by atoms with E-state index in [0.29, 0.717) is 5.75 Å². The van der Waals surface area contributed by atoms with Crippen LogP contribution in [0.15, 0.2) is 18.2 Å². The molecule has 2 atom stereocenters. The number of aromatic carboxylic acids is 1. The van der Waals surface area contributed by atoms with E-state index in [1.54, 1.807) is 13.8 Å². The molecule has 20 heavy (non-hydrogen) atoms. The highest BCUT2D eigenvalue weighted by molar-refractivity contribution is 6.23. The van der Waals surface area contributed by atoms with Crippen molar-refractivity contribution in [2.45, 2.75) is 13.8 Å². The Morgan fingerprint density at radius 3 is 2.20 bits per heavy atom. The van der Waals surface area contributed by atoms with E-state index in [0.717, 1.165) is 4.90 Å². The predicted molar refractivity (Wildman–Crippen MR) is 70.8 cm³/mol. The number of anilines is 1. The van der Waals surface area contributed by atoms with Gasteiger partial charge in [-0.05, 0) is 18.2 Å². The Morgan fingerprint density at radius 1 is 1.20 bits per heavy atom. The van der Waals surface area contributed by atoms with Gasteiger partial charge in [-0.3, -0.25) is 9.59 Å². The van der Waals surface area contributed by atoms with Gasteiger partial charge >= 0.3 is 5.97 Å². The first-order chi connectivity index (χ1) is 9.38. The summed E-state index contributed by atoms with van der Waals surface area (Å²) in [6.45, 7) is 3.32. The molecule has 1 aliphatic heterocycles. The van der Waals surface area contributed by atoms with Gasteiger partial charge in [0.2, 0.25) is 11.8 Å². The summed E-state index contributed by atoms with van der Waals surface area (Å²) in [4.78, 5) is 36.5. The molecule has 6 nitrogen and oxygen atoms in total. The molecule has 1 saturated heterocycles. The third kappa shape index (κ3) is 2.03.